The Bertz CT molecular complexity index is 393. The maximum atomic E-state index is 10.4. The summed E-state index contributed by atoms with van der Waals surface area (Å²) in [6.45, 7) is 3.62. The van der Waals surface area contributed by atoms with Crippen molar-refractivity contribution in [2.24, 2.45) is 0 Å². The number of hydrogen-bond donors (Lipinski definition) is 1. The Morgan fingerprint density at radius 1 is 1.21 bits per heavy atom. The summed E-state index contributed by atoms with van der Waals surface area (Å²) in [5.74, 6) is -0.931. The van der Waals surface area contributed by atoms with E-state index < -0.39 is 5.97 Å². The number of ether oxygens (including phenoxy) is 1. The number of carboxylic acid groups (broad SMARTS) is 1. The van der Waals surface area contributed by atoms with E-state index in [-0.39, 0.29) is 0 Å². The van der Waals surface area contributed by atoms with Gasteiger partial charge in [-0.2, -0.15) is 0 Å². The summed E-state index contributed by atoms with van der Waals surface area (Å²) in [4.78, 5) is 10.4. The number of rotatable bonds is 9. The van der Waals surface area contributed by atoms with Crippen LogP contribution in [-0.2, 0) is 16.1 Å². The molecular weight excluding hydrogens is 240 g/mol. The molecule has 1 N–H and O–H groups in total. The van der Waals surface area contributed by atoms with Gasteiger partial charge < -0.3 is 9.84 Å². The van der Waals surface area contributed by atoms with Gasteiger partial charge >= 0.3 is 5.97 Å². The van der Waals surface area contributed by atoms with Crippen LogP contribution in [-0.4, -0.2) is 17.7 Å². The first kappa shape index (κ1) is 15.4. The highest BCUT2D eigenvalue weighted by Gasteiger charge is 1.95. The fraction of sp³-hybridized carbons (Fsp3) is 0.438. The number of unbranched alkanes of at least 4 members (excludes halogenated alkanes) is 3. The average molecular weight is 262 g/mol. The summed E-state index contributed by atoms with van der Waals surface area (Å²) in [5, 5.41) is 8.53. The van der Waals surface area contributed by atoms with Crippen molar-refractivity contribution < 1.29 is 14.6 Å². The Balaban J connectivity index is 2.26. The Morgan fingerprint density at radius 3 is 2.58 bits per heavy atom. The van der Waals surface area contributed by atoms with Crippen LogP contribution in [0.1, 0.15) is 43.7 Å². The van der Waals surface area contributed by atoms with Crippen molar-refractivity contribution in [1.29, 1.82) is 0 Å². The first-order valence-electron chi connectivity index (χ1n) is 6.80. The van der Waals surface area contributed by atoms with Crippen molar-refractivity contribution in [3.63, 3.8) is 0 Å². The van der Waals surface area contributed by atoms with E-state index in [0.29, 0.717) is 6.61 Å². The predicted octanol–water partition coefficient (Wildman–Crippen LogP) is 3.88. The van der Waals surface area contributed by atoms with Gasteiger partial charge in [0.15, 0.2) is 0 Å². The molecule has 0 saturated heterocycles. The SMILES string of the molecule is CCCCCCOCc1ccc(/C=C/C(=O)O)cc1. The number of benzene rings is 1. The van der Waals surface area contributed by atoms with Gasteiger partial charge in [0.25, 0.3) is 0 Å². The topological polar surface area (TPSA) is 46.5 Å². The van der Waals surface area contributed by atoms with Crippen molar-refractivity contribution >= 4 is 12.0 Å². The van der Waals surface area contributed by atoms with E-state index >= 15 is 0 Å². The van der Waals surface area contributed by atoms with Gasteiger partial charge in [-0.05, 0) is 23.6 Å². The highest BCUT2D eigenvalue weighted by atomic mass is 16.5. The van der Waals surface area contributed by atoms with Gasteiger partial charge in [0.2, 0.25) is 0 Å². The molecule has 0 amide bonds. The van der Waals surface area contributed by atoms with E-state index in [9.17, 15) is 4.79 Å². The highest BCUT2D eigenvalue weighted by molar-refractivity contribution is 5.85. The molecule has 0 fully saturated rings. The lowest BCUT2D eigenvalue weighted by molar-refractivity contribution is -0.131. The minimum absolute atomic E-state index is 0.620. The maximum absolute atomic E-state index is 10.4. The van der Waals surface area contributed by atoms with Gasteiger partial charge in [-0.3, -0.25) is 0 Å². The first-order chi connectivity index (χ1) is 9.22. The smallest absolute Gasteiger partial charge is 0.328 e. The minimum Gasteiger partial charge on any atom is -0.478 e. The second-order valence-corrected chi connectivity index (χ2v) is 4.53. The van der Waals surface area contributed by atoms with Crippen LogP contribution in [0.3, 0.4) is 0 Å². The monoisotopic (exact) mass is 262 g/mol. The van der Waals surface area contributed by atoms with Crippen molar-refractivity contribution in [1.82, 2.24) is 0 Å². The second-order valence-electron chi connectivity index (χ2n) is 4.53. The van der Waals surface area contributed by atoms with Gasteiger partial charge in [0, 0.05) is 12.7 Å². The molecule has 3 heteroatoms. The zero-order valence-corrected chi connectivity index (χ0v) is 11.5. The van der Waals surface area contributed by atoms with Crippen LogP contribution >= 0.6 is 0 Å². The third-order valence-corrected chi connectivity index (χ3v) is 2.81. The summed E-state index contributed by atoms with van der Waals surface area (Å²) in [7, 11) is 0. The van der Waals surface area contributed by atoms with Crippen molar-refractivity contribution in [2.75, 3.05) is 6.61 Å². The zero-order valence-electron chi connectivity index (χ0n) is 11.5. The van der Waals surface area contributed by atoms with Crippen LogP contribution < -0.4 is 0 Å². The van der Waals surface area contributed by atoms with E-state index in [1.54, 1.807) is 6.08 Å². The summed E-state index contributed by atoms with van der Waals surface area (Å²) >= 11 is 0. The molecule has 1 rings (SSSR count). The van der Waals surface area contributed by atoms with E-state index in [1.807, 2.05) is 24.3 Å². The lowest BCUT2D eigenvalue weighted by atomic mass is 10.1. The third-order valence-electron chi connectivity index (χ3n) is 2.81. The van der Waals surface area contributed by atoms with Crippen LogP contribution in [0.25, 0.3) is 6.08 Å². The van der Waals surface area contributed by atoms with Crippen molar-refractivity contribution in [3.8, 4) is 0 Å². The molecule has 0 heterocycles. The van der Waals surface area contributed by atoms with Crippen molar-refractivity contribution in [3.05, 3.63) is 41.5 Å². The molecule has 0 unspecified atom stereocenters. The van der Waals surface area contributed by atoms with E-state index in [0.717, 1.165) is 30.2 Å². The predicted molar refractivity (Wildman–Crippen MR) is 76.9 cm³/mol. The molecule has 0 aliphatic carbocycles. The Kier molecular flexibility index (Phi) is 7.59. The van der Waals surface area contributed by atoms with Gasteiger partial charge in [-0.1, -0.05) is 50.5 Å². The van der Waals surface area contributed by atoms with Crippen LogP contribution in [0.2, 0.25) is 0 Å². The molecular formula is C16H22O3. The molecule has 0 radical (unpaired) electrons. The standard InChI is InChI=1S/C16H22O3/c1-2-3-4-5-12-19-13-15-8-6-14(7-9-15)10-11-16(17)18/h6-11H,2-5,12-13H2,1H3,(H,17,18)/b11-10+. The largest absolute Gasteiger partial charge is 0.478 e. The molecule has 0 aliphatic rings. The molecule has 0 aromatic heterocycles. The van der Waals surface area contributed by atoms with Crippen LogP contribution in [0, 0.1) is 0 Å². The number of carboxylic acids is 1. The summed E-state index contributed by atoms with van der Waals surface area (Å²) in [6.07, 6.45) is 7.58. The summed E-state index contributed by atoms with van der Waals surface area (Å²) in [5.41, 5.74) is 2.00. The molecule has 0 bridgehead atoms. The summed E-state index contributed by atoms with van der Waals surface area (Å²) < 4.78 is 5.59. The second kappa shape index (κ2) is 9.34. The van der Waals surface area contributed by atoms with Gasteiger partial charge in [-0.25, -0.2) is 4.79 Å². The molecule has 104 valence electrons. The molecule has 0 saturated carbocycles. The summed E-state index contributed by atoms with van der Waals surface area (Å²) in [6, 6.07) is 7.73. The molecule has 0 atom stereocenters. The Labute approximate surface area is 114 Å². The number of aliphatic carboxylic acids is 1. The normalized spacial score (nSPS) is 11.0. The zero-order chi connectivity index (χ0) is 13.9. The third kappa shape index (κ3) is 7.42. The van der Waals surface area contributed by atoms with Crippen molar-refractivity contribution in [2.45, 2.75) is 39.2 Å². The molecule has 1 aromatic rings. The minimum atomic E-state index is -0.931. The van der Waals surface area contributed by atoms with Crippen LogP contribution in [0.15, 0.2) is 30.3 Å². The molecule has 0 spiro atoms. The van der Waals surface area contributed by atoms with Crippen LogP contribution in [0.5, 0.6) is 0 Å². The van der Waals surface area contributed by atoms with E-state index in [1.165, 1.54) is 19.3 Å². The fourth-order valence-electron chi connectivity index (χ4n) is 1.71. The lowest BCUT2D eigenvalue weighted by Gasteiger charge is -2.04. The quantitative estimate of drug-likeness (QED) is 0.542. The maximum Gasteiger partial charge on any atom is 0.328 e. The van der Waals surface area contributed by atoms with Crippen LogP contribution in [0.4, 0.5) is 0 Å². The first-order valence-corrected chi connectivity index (χ1v) is 6.80. The highest BCUT2D eigenvalue weighted by Crippen LogP contribution is 2.08. The Hall–Kier alpha value is -1.61. The number of carbonyl (C=O) groups is 1. The van der Waals surface area contributed by atoms with Gasteiger partial charge in [0.05, 0.1) is 6.61 Å². The van der Waals surface area contributed by atoms with Gasteiger partial charge in [0.1, 0.15) is 0 Å². The fourth-order valence-corrected chi connectivity index (χ4v) is 1.71. The number of hydrogen-bond acceptors (Lipinski definition) is 2. The molecule has 0 aliphatic heterocycles. The molecule has 3 nitrogen and oxygen atoms in total. The van der Waals surface area contributed by atoms with Gasteiger partial charge in [-0.15, -0.1) is 0 Å². The van der Waals surface area contributed by atoms with E-state index in [4.69, 9.17) is 9.84 Å². The van der Waals surface area contributed by atoms with E-state index in [2.05, 4.69) is 6.92 Å². The Morgan fingerprint density at radius 2 is 1.95 bits per heavy atom. The molecule has 19 heavy (non-hydrogen) atoms. The molecule has 1 aromatic carbocycles. The average Bonchev–Trinajstić information content (AvgIpc) is 2.41. The lowest BCUT2D eigenvalue weighted by Crippen LogP contribution is -1.95.